The number of anilines is 1. The minimum absolute atomic E-state index is 0.0777. The van der Waals surface area contributed by atoms with E-state index in [-0.39, 0.29) is 6.10 Å². The predicted molar refractivity (Wildman–Crippen MR) is 116 cm³/mol. The van der Waals surface area contributed by atoms with E-state index >= 15 is 0 Å². The Morgan fingerprint density at radius 1 is 1.30 bits per heavy atom. The molecule has 2 aromatic rings. The number of aryl methyl sites for hydroxylation is 1. The summed E-state index contributed by atoms with van der Waals surface area (Å²) in [6.45, 7) is 8.48. The number of amides is 1. The number of hydrogen-bond donors (Lipinski definition) is 2. The fourth-order valence-electron chi connectivity index (χ4n) is 3.96. The van der Waals surface area contributed by atoms with Gasteiger partial charge in [0.25, 0.3) is 0 Å². The van der Waals surface area contributed by atoms with E-state index in [1.807, 2.05) is 45.9 Å². The van der Waals surface area contributed by atoms with Gasteiger partial charge in [-0.3, -0.25) is 9.79 Å². The molecule has 1 aromatic carbocycles. The number of benzene rings is 1. The standard InChI is InChI=1S/C23H26N4O3/c1-11(2)30-23-20-19(15-7-6-14(16-10-25-16)8-17(15)29-5)18(22(24)28)13(4)27-21(20)12(3)9-26-23/h6-9,11,19,27H,10H2,1-5H3,(H2,24,28). The van der Waals surface area contributed by atoms with Gasteiger partial charge in [0, 0.05) is 28.6 Å². The van der Waals surface area contributed by atoms with Crippen LogP contribution in [0.5, 0.6) is 11.6 Å². The summed E-state index contributed by atoms with van der Waals surface area (Å²) in [5.41, 5.74) is 12.6. The number of aromatic nitrogens is 1. The number of primary amides is 1. The van der Waals surface area contributed by atoms with E-state index in [4.69, 9.17) is 15.2 Å². The van der Waals surface area contributed by atoms with Crippen LogP contribution in [-0.2, 0) is 4.79 Å². The number of nitrogens with zero attached hydrogens (tertiary/aromatic N) is 2. The average Bonchev–Trinajstić information content (AvgIpc) is 3.53. The van der Waals surface area contributed by atoms with E-state index in [1.165, 1.54) is 0 Å². The highest BCUT2D eigenvalue weighted by Crippen LogP contribution is 2.49. The normalized spacial score (nSPS) is 17.3. The summed E-state index contributed by atoms with van der Waals surface area (Å²) in [6.07, 6.45) is 1.69. The van der Waals surface area contributed by atoms with Gasteiger partial charge in [0.15, 0.2) is 0 Å². The lowest BCUT2D eigenvalue weighted by atomic mass is 9.79. The molecule has 0 aliphatic carbocycles. The van der Waals surface area contributed by atoms with Gasteiger partial charge in [0.05, 0.1) is 42.6 Å². The van der Waals surface area contributed by atoms with Gasteiger partial charge >= 0.3 is 0 Å². The lowest BCUT2D eigenvalue weighted by molar-refractivity contribution is -0.114. The van der Waals surface area contributed by atoms with Crippen LogP contribution < -0.4 is 20.5 Å². The molecule has 0 bridgehead atoms. The van der Waals surface area contributed by atoms with Crippen LogP contribution in [0.15, 0.2) is 40.7 Å². The highest BCUT2D eigenvalue weighted by atomic mass is 16.5. The minimum atomic E-state index is -0.495. The molecule has 1 amide bonds. The molecule has 1 atom stereocenters. The summed E-state index contributed by atoms with van der Waals surface area (Å²) in [4.78, 5) is 21.4. The topological polar surface area (TPSA) is 98.8 Å². The van der Waals surface area contributed by atoms with Crippen molar-refractivity contribution in [1.29, 1.82) is 0 Å². The number of hydrogen-bond acceptors (Lipinski definition) is 6. The highest BCUT2D eigenvalue weighted by Gasteiger charge is 2.37. The van der Waals surface area contributed by atoms with Gasteiger partial charge in [-0.05, 0) is 39.3 Å². The zero-order valence-electron chi connectivity index (χ0n) is 17.9. The molecule has 7 nitrogen and oxygen atoms in total. The summed E-state index contributed by atoms with van der Waals surface area (Å²) in [7, 11) is 1.62. The van der Waals surface area contributed by atoms with Gasteiger partial charge in [0.1, 0.15) is 5.75 Å². The summed E-state index contributed by atoms with van der Waals surface area (Å²) in [5, 5.41) is 3.35. The van der Waals surface area contributed by atoms with Crippen LogP contribution in [0.25, 0.3) is 0 Å². The number of methoxy groups -OCH3 is 1. The Kier molecular flexibility index (Phi) is 4.97. The Balaban J connectivity index is 1.99. The Bertz CT molecular complexity index is 1100. The molecule has 0 radical (unpaired) electrons. The molecule has 7 heteroatoms. The van der Waals surface area contributed by atoms with E-state index in [1.54, 1.807) is 13.3 Å². The predicted octanol–water partition coefficient (Wildman–Crippen LogP) is 3.31. The average molecular weight is 406 g/mol. The van der Waals surface area contributed by atoms with Crippen LogP contribution in [0.1, 0.15) is 48.9 Å². The Morgan fingerprint density at radius 3 is 2.63 bits per heavy atom. The molecule has 2 aliphatic rings. The molecule has 1 aromatic heterocycles. The van der Waals surface area contributed by atoms with Gasteiger partial charge in [0.2, 0.25) is 11.8 Å². The van der Waals surface area contributed by atoms with Crippen LogP contribution in [0.3, 0.4) is 0 Å². The quantitative estimate of drug-likeness (QED) is 0.767. The molecular formula is C23H26N4O3. The molecule has 3 heterocycles. The van der Waals surface area contributed by atoms with Crippen molar-refractivity contribution in [2.24, 2.45) is 10.7 Å². The molecule has 1 unspecified atom stereocenters. The number of carbonyl (C=O) groups excluding carboxylic acids is 1. The number of nitrogens with one attached hydrogen (secondary N) is 1. The smallest absolute Gasteiger partial charge is 0.247 e. The second kappa shape index (κ2) is 7.48. The first-order valence-electron chi connectivity index (χ1n) is 9.97. The van der Waals surface area contributed by atoms with E-state index in [0.717, 1.165) is 40.2 Å². The number of fused-ring (bicyclic) bond motifs is 1. The van der Waals surface area contributed by atoms with Gasteiger partial charge in [-0.25, -0.2) is 4.98 Å². The van der Waals surface area contributed by atoms with Crippen molar-refractivity contribution in [2.45, 2.75) is 39.7 Å². The van der Waals surface area contributed by atoms with Crippen molar-refractivity contribution < 1.29 is 14.3 Å². The SMILES string of the molecule is COc1cc(C2=NC2)ccc1C1C(C(N)=O)=C(C)Nc2c(C)cnc(OC(C)C)c21. The van der Waals surface area contributed by atoms with E-state index in [2.05, 4.69) is 15.3 Å². The largest absolute Gasteiger partial charge is 0.496 e. The van der Waals surface area contributed by atoms with Crippen molar-refractivity contribution in [3.05, 3.63) is 57.9 Å². The van der Waals surface area contributed by atoms with Gasteiger partial charge in [-0.1, -0.05) is 12.1 Å². The zero-order chi connectivity index (χ0) is 21.6. The third kappa shape index (κ3) is 3.40. The van der Waals surface area contributed by atoms with Gasteiger partial charge in [-0.2, -0.15) is 0 Å². The summed E-state index contributed by atoms with van der Waals surface area (Å²) in [5.74, 6) is 0.186. The zero-order valence-corrected chi connectivity index (χ0v) is 17.9. The highest BCUT2D eigenvalue weighted by molar-refractivity contribution is 6.10. The first-order valence-corrected chi connectivity index (χ1v) is 9.97. The summed E-state index contributed by atoms with van der Waals surface area (Å²) in [6, 6.07) is 5.95. The van der Waals surface area contributed by atoms with Crippen LogP contribution in [0.2, 0.25) is 0 Å². The molecule has 4 rings (SSSR count). The Labute approximate surface area is 176 Å². The number of pyridine rings is 1. The van der Waals surface area contributed by atoms with Crippen molar-refractivity contribution in [2.75, 3.05) is 19.0 Å². The van der Waals surface area contributed by atoms with Crippen molar-refractivity contribution >= 4 is 17.3 Å². The van der Waals surface area contributed by atoms with Crippen LogP contribution in [-0.4, -0.2) is 36.4 Å². The minimum Gasteiger partial charge on any atom is -0.496 e. The number of ether oxygens (including phenoxy) is 2. The Hall–Kier alpha value is -3.35. The maximum Gasteiger partial charge on any atom is 0.247 e. The second-order valence-electron chi connectivity index (χ2n) is 7.88. The lowest BCUT2D eigenvalue weighted by Crippen LogP contribution is -2.29. The molecule has 30 heavy (non-hydrogen) atoms. The first kappa shape index (κ1) is 19.9. The van der Waals surface area contributed by atoms with Crippen molar-refractivity contribution in [1.82, 2.24) is 4.98 Å². The Morgan fingerprint density at radius 2 is 2.03 bits per heavy atom. The molecule has 156 valence electrons. The van der Waals surface area contributed by atoms with E-state index in [9.17, 15) is 4.79 Å². The van der Waals surface area contributed by atoms with Crippen molar-refractivity contribution in [3.63, 3.8) is 0 Å². The van der Waals surface area contributed by atoms with Crippen LogP contribution in [0, 0.1) is 6.92 Å². The third-order valence-corrected chi connectivity index (χ3v) is 5.37. The fraction of sp³-hybridized carbons (Fsp3) is 0.348. The molecule has 2 aliphatic heterocycles. The maximum absolute atomic E-state index is 12.6. The number of carbonyl (C=O) groups is 1. The number of nitrogens with two attached hydrogens (primary N) is 1. The molecular weight excluding hydrogens is 380 g/mol. The number of aliphatic imine (C=N–C) groups is 1. The number of allylic oxidation sites excluding steroid dienone is 1. The van der Waals surface area contributed by atoms with Gasteiger partial charge in [-0.15, -0.1) is 0 Å². The van der Waals surface area contributed by atoms with Crippen molar-refractivity contribution in [3.8, 4) is 11.6 Å². The van der Waals surface area contributed by atoms with E-state index in [0.29, 0.717) is 22.9 Å². The van der Waals surface area contributed by atoms with Gasteiger partial charge < -0.3 is 20.5 Å². The third-order valence-electron chi connectivity index (χ3n) is 5.37. The fourth-order valence-corrected chi connectivity index (χ4v) is 3.96. The van der Waals surface area contributed by atoms with Crippen LogP contribution in [0.4, 0.5) is 5.69 Å². The molecule has 0 spiro atoms. The second-order valence-corrected chi connectivity index (χ2v) is 7.88. The monoisotopic (exact) mass is 406 g/mol. The molecule has 0 saturated heterocycles. The maximum atomic E-state index is 12.6. The van der Waals surface area contributed by atoms with Crippen LogP contribution >= 0.6 is 0 Å². The molecule has 3 N–H and O–H groups in total. The summed E-state index contributed by atoms with van der Waals surface area (Å²) < 4.78 is 11.8. The summed E-state index contributed by atoms with van der Waals surface area (Å²) >= 11 is 0. The number of rotatable bonds is 6. The van der Waals surface area contributed by atoms with E-state index < -0.39 is 11.8 Å². The molecule has 0 fully saturated rings. The molecule has 0 saturated carbocycles. The lowest BCUT2D eigenvalue weighted by Gasteiger charge is -2.32. The first-order chi connectivity index (χ1) is 14.3.